The largest absolute Gasteiger partial charge is 0.388 e. The summed E-state index contributed by atoms with van der Waals surface area (Å²) in [6.45, 7) is 2.07. The standard InChI is InChI=1S/C4H13F3Si3/c1-10(9-8)3-2-4(5,6)7/h10H,2-3,9H2,1,8H3. The van der Waals surface area contributed by atoms with Gasteiger partial charge in [-0.15, -0.1) is 0 Å². The molecule has 6 heteroatoms. The lowest BCUT2D eigenvalue weighted by Gasteiger charge is -2.08. The number of alkyl halides is 3. The highest BCUT2D eigenvalue weighted by Crippen LogP contribution is 2.22. The molecule has 0 amide bonds. The zero-order valence-corrected chi connectivity index (χ0v) is 10.9. The smallest absolute Gasteiger partial charge is 0.171 e. The van der Waals surface area contributed by atoms with Crippen LogP contribution in [0.3, 0.4) is 0 Å². The molecular weight excluding hydrogens is 189 g/mol. The van der Waals surface area contributed by atoms with Crippen LogP contribution in [0.4, 0.5) is 13.2 Å². The van der Waals surface area contributed by atoms with Gasteiger partial charge in [0.25, 0.3) is 0 Å². The van der Waals surface area contributed by atoms with Gasteiger partial charge in [0.15, 0.2) is 0 Å². The summed E-state index contributed by atoms with van der Waals surface area (Å²) in [4.78, 5) is 0. The van der Waals surface area contributed by atoms with E-state index in [1.807, 2.05) is 0 Å². The van der Waals surface area contributed by atoms with Crippen LogP contribution in [-0.2, 0) is 0 Å². The average molecular weight is 202 g/mol. The van der Waals surface area contributed by atoms with Gasteiger partial charge in [0, 0.05) is 14.7 Å². The maximum Gasteiger partial charge on any atom is 0.388 e. The highest BCUT2D eigenvalue weighted by molar-refractivity contribution is 7.31. The average Bonchev–Trinajstić information content (AvgIpc) is 1.81. The van der Waals surface area contributed by atoms with E-state index >= 15 is 0 Å². The van der Waals surface area contributed by atoms with Gasteiger partial charge >= 0.3 is 6.18 Å². The van der Waals surface area contributed by atoms with Crippen LogP contribution in [0, 0.1) is 0 Å². The third-order valence-corrected chi connectivity index (χ3v) is 22.2. The van der Waals surface area contributed by atoms with Crippen molar-refractivity contribution < 1.29 is 13.2 Å². The summed E-state index contributed by atoms with van der Waals surface area (Å²) in [5.74, 6) is 0. The van der Waals surface area contributed by atoms with Gasteiger partial charge in [-0.3, -0.25) is 0 Å². The predicted molar refractivity (Wildman–Crippen MR) is 47.0 cm³/mol. The van der Waals surface area contributed by atoms with Crippen molar-refractivity contribution in [1.29, 1.82) is 0 Å². The van der Waals surface area contributed by atoms with E-state index in [4.69, 9.17) is 0 Å². The molecule has 0 aromatic carbocycles. The molecule has 0 spiro atoms. The van der Waals surface area contributed by atoms with Crippen molar-refractivity contribution in [3.05, 3.63) is 0 Å². The minimum absolute atomic E-state index is 0.0472. The molecule has 0 nitrogen and oxygen atoms in total. The van der Waals surface area contributed by atoms with Gasteiger partial charge in [-0.05, 0) is 18.3 Å². The molecule has 0 aliphatic heterocycles. The van der Waals surface area contributed by atoms with Crippen LogP contribution < -0.4 is 0 Å². The van der Waals surface area contributed by atoms with E-state index in [1.54, 1.807) is 0 Å². The van der Waals surface area contributed by atoms with E-state index < -0.39 is 20.9 Å². The van der Waals surface area contributed by atoms with Crippen molar-refractivity contribution in [2.45, 2.75) is 25.2 Å². The Morgan fingerprint density at radius 1 is 1.50 bits per heavy atom. The van der Waals surface area contributed by atoms with Crippen molar-refractivity contribution >= 4 is 26.6 Å². The van der Waals surface area contributed by atoms with Gasteiger partial charge in [-0.2, -0.15) is 13.2 Å². The number of hydrogen-bond donors (Lipinski definition) is 0. The van der Waals surface area contributed by atoms with Gasteiger partial charge in [-0.1, -0.05) is 12.6 Å². The Labute approximate surface area is 65.6 Å². The van der Waals surface area contributed by atoms with Crippen LogP contribution in [0.2, 0.25) is 12.6 Å². The molecule has 0 rings (SSSR count). The summed E-state index contributed by atoms with van der Waals surface area (Å²) in [7, 11) is 0.454. The molecule has 0 saturated heterocycles. The summed E-state index contributed by atoms with van der Waals surface area (Å²) < 4.78 is 34.8. The monoisotopic (exact) mass is 202 g/mol. The lowest BCUT2D eigenvalue weighted by atomic mass is 10.5. The number of halogens is 3. The SMILES string of the molecule is C[SiH](CCC(F)(F)F)[SiH2][SiH3]. The lowest BCUT2D eigenvalue weighted by Crippen LogP contribution is -2.21. The molecule has 0 bridgehead atoms. The first-order valence-electron chi connectivity index (χ1n) is 3.52. The molecule has 0 heterocycles. The van der Waals surface area contributed by atoms with Crippen molar-refractivity contribution in [2.24, 2.45) is 0 Å². The van der Waals surface area contributed by atoms with Gasteiger partial charge in [0.2, 0.25) is 0 Å². The Hall–Kier alpha value is 0.441. The van der Waals surface area contributed by atoms with E-state index in [0.717, 1.165) is 0 Å². The van der Waals surface area contributed by atoms with Crippen molar-refractivity contribution in [1.82, 2.24) is 0 Å². The first-order valence-corrected chi connectivity index (χ1v) is 14.4. The summed E-state index contributed by atoms with van der Waals surface area (Å²) in [5.41, 5.74) is 0. The Morgan fingerprint density at radius 3 is 2.30 bits per heavy atom. The Bertz CT molecular complexity index is 92.2. The lowest BCUT2D eigenvalue weighted by molar-refractivity contribution is -0.130. The van der Waals surface area contributed by atoms with Crippen LogP contribution in [0.1, 0.15) is 6.42 Å². The van der Waals surface area contributed by atoms with Crippen LogP contribution in [0.5, 0.6) is 0 Å². The number of hydrogen-bond acceptors (Lipinski definition) is 0. The molecule has 0 N–H and O–H groups in total. The molecule has 0 aliphatic rings. The van der Waals surface area contributed by atoms with Gasteiger partial charge in [0.1, 0.15) is 0 Å². The number of rotatable bonds is 3. The van der Waals surface area contributed by atoms with Crippen molar-refractivity contribution in [3.8, 4) is 0 Å². The van der Waals surface area contributed by atoms with E-state index in [9.17, 15) is 13.2 Å². The Balaban J connectivity index is 3.36. The molecule has 1 atom stereocenters. The van der Waals surface area contributed by atoms with Gasteiger partial charge in [0.05, 0.1) is 0 Å². The van der Waals surface area contributed by atoms with E-state index in [0.29, 0.717) is 6.04 Å². The van der Waals surface area contributed by atoms with E-state index in [2.05, 4.69) is 6.55 Å². The zero-order valence-electron chi connectivity index (χ0n) is 6.33. The Morgan fingerprint density at radius 2 is 2.00 bits per heavy atom. The second kappa shape index (κ2) is 4.35. The minimum atomic E-state index is -3.90. The van der Waals surface area contributed by atoms with Crippen LogP contribution in [0.25, 0.3) is 0 Å². The molecule has 0 saturated carbocycles. The summed E-state index contributed by atoms with van der Waals surface area (Å²) in [6, 6.07) is 0.499. The molecule has 1 unspecified atom stereocenters. The zero-order chi connectivity index (χ0) is 8.20. The molecule has 0 aromatic heterocycles. The van der Waals surface area contributed by atoms with Crippen LogP contribution >= 0.6 is 0 Å². The fourth-order valence-corrected chi connectivity index (χ4v) is 7.35. The summed E-state index contributed by atoms with van der Waals surface area (Å²) >= 11 is 0. The maximum absolute atomic E-state index is 11.6. The quantitative estimate of drug-likeness (QED) is 0.553. The highest BCUT2D eigenvalue weighted by Gasteiger charge is 2.26. The molecule has 10 heavy (non-hydrogen) atoms. The van der Waals surface area contributed by atoms with E-state index in [1.165, 1.54) is 9.76 Å². The second-order valence-corrected chi connectivity index (χ2v) is 20.3. The maximum atomic E-state index is 11.6. The fourth-order valence-electron chi connectivity index (χ4n) is 0.614. The van der Waals surface area contributed by atoms with Crippen LogP contribution in [0.15, 0.2) is 0 Å². The van der Waals surface area contributed by atoms with Gasteiger partial charge in [-0.25, -0.2) is 0 Å². The third-order valence-electron chi connectivity index (χ3n) is 1.62. The van der Waals surface area contributed by atoms with E-state index in [-0.39, 0.29) is 8.55 Å². The summed E-state index contributed by atoms with van der Waals surface area (Å²) in [5, 5.41) is 0. The third kappa shape index (κ3) is 6.56. The topological polar surface area (TPSA) is 0 Å². The first kappa shape index (κ1) is 10.4. The minimum Gasteiger partial charge on any atom is -0.171 e. The highest BCUT2D eigenvalue weighted by atomic mass is 29.5. The normalized spacial score (nSPS) is 16.8. The predicted octanol–water partition coefficient (Wildman–Crippen LogP) is -0.258. The molecule has 0 radical (unpaired) electrons. The molecule has 0 fully saturated rings. The molecule has 0 aromatic rings. The van der Waals surface area contributed by atoms with Crippen LogP contribution in [-0.4, -0.2) is 32.8 Å². The molecule has 0 aliphatic carbocycles. The second-order valence-electron chi connectivity index (χ2n) is 2.67. The van der Waals surface area contributed by atoms with Crippen molar-refractivity contribution in [2.75, 3.05) is 0 Å². The first-order chi connectivity index (χ1) is 4.45. The Kier molecular flexibility index (Phi) is 4.54. The van der Waals surface area contributed by atoms with Gasteiger partial charge < -0.3 is 0 Å². The molecular formula is C4H13F3Si3. The molecule has 62 valence electrons. The fraction of sp³-hybridized carbons (Fsp3) is 1.00. The van der Waals surface area contributed by atoms with Crippen molar-refractivity contribution in [3.63, 3.8) is 0 Å². The summed E-state index contributed by atoms with van der Waals surface area (Å²) in [6.07, 6.45) is -4.41.